The first-order chi connectivity index (χ1) is 11.3. The van der Waals surface area contributed by atoms with Crippen molar-refractivity contribution < 1.29 is 13.2 Å². The summed E-state index contributed by atoms with van der Waals surface area (Å²) in [7, 11) is -1.94. The lowest BCUT2D eigenvalue weighted by atomic mass is 10.1. The maximum atomic E-state index is 12.5. The van der Waals surface area contributed by atoms with Crippen molar-refractivity contribution in [3.63, 3.8) is 0 Å². The van der Waals surface area contributed by atoms with Crippen LogP contribution in [-0.2, 0) is 10.0 Å². The Morgan fingerprint density at radius 3 is 2.29 bits per heavy atom. The molecule has 2 aromatic rings. The van der Waals surface area contributed by atoms with Gasteiger partial charge < -0.3 is 4.74 Å². The maximum Gasteiger partial charge on any atom is 0.240 e. The van der Waals surface area contributed by atoms with Crippen molar-refractivity contribution in [2.24, 2.45) is 0 Å². The highest BCUT2D eigenvalue weighted by molar-refractivity contribution is 7.99. The van der Waals surface area contributed by atoms with Crippen LogP contribution in [-0.4, -0.2) is 27.8 Å². The number of thioether (sulfide) groups is 1. The average molecular weight is 366 g/mol. The zero-order valence-corrected chi connectivity index (χ0v) is 16.1. The van der Waals surface area contributed by atoms with Crippen LogP contribution in [0.4, 0.5) is 0 Å². The summed E-state index contributed by atoms with van der Waals surface area (Å²) < 4.78 is 32.9. The summed E-state index contributed by atoms with van der Waals surface area (Å²) in [4.78, 5) is 1.44. The number of sulfonamides is 1. The Kier molecular flexibility index (Phi) is 6.32. The van der Waals surface area contributed by atoms with Gasteiger partial charge in [-0.25, -0.2) is 13.1 Å². The molecule has 0 saturated heterocycles. The summed E-state index contributed by atoms with van der Waals surface area (Å²) in [5.41, 5.74) is 2.77. The Morgan fingerprint density at radius 2 is 1.67 bits per heavy atom. The van der Waals surface area contributed by atoms with Gasteiger partial charge in [-0.1, -0.05) is 17.7 Å². The summed E-state index contributed by atoms with van der Waals surface area (Å²) >= 11 is 1.63. The summed E-state index contributed by atoms with van der Waals surface area (Å²) in [6, 6.07) is 11.5. The van der Waals surface area contributed by atoms with Gasteiger partial charge in [-0.2, -0.15) is 0 Å². The van der Waals surface area contributed by atoms with Crippen molar-refractivity contribution in [1.29, 1.82) is 0 Å². The quantitative estimate of drug-likeness (QED) is 0.600. The van der Waals surface area contributed by atoms with E-state index in [1.807, 2.05) is 26.0 Å². The number of hydrogen-bond acceptors (Lipinski definition) is 4. The van der Waals surface area contributed by atoms with E-state index in [0.717, 1.165) is 10.5 Å². The lowest BCUT2D eigenvalue weighted by Gasteiger charge is -2.13. The molecule has 24 heavy (non-hydrogen) atoms. The third-order valence-electron chi connectivity index (χ3n) is 3.88. The average Bonchev–Trinajstić information content (AvgIpc) is 2.55. The zero-order chi connectivity index (χ0) is 17.7. The van der Waals surface area contributed by atoms with Crippen LogP contribution in [0.25, 0.3) is 0 Å². The number of methoxy groups -OCH3 is 1. The largest absolute Gasteiger partial charge is 0.496 e. The van der Waals surface area contributed by atoms with E-state index in [1.54, 1.807) is 37.9 Å². The first-order valence-electron chi connectivity index (χ1n) is 7.68. The lowest BCUT2D eigenvalue weighted by molar-refractivity contribution is 0.410. The van der Waals surface area contributed by atoms with Gasteiger partial charge in [-0.3, -0.25) is 0 Å². The molecule has 2 rings (SSSR count). The molecule has 0 bridgehead atoms. The van der Waals surface area contributed by atoms with Gasteiger partial charge in [0.1, 0.15) is 5.75 Å². The molecule has 2 aromatic carbocycles. The van der Waals surface area contributed by atoms with Crippen LogP contribution in [0.3, 0.4) is 0 Å². The zero-order valence-electron chi connectivity index (χ0n) is 14.4. The first-order valence-corrected chi connectivity index (χ1v) is 10.2. The second-order valence-electron chi connectivity index (χ2n) is 5.58. The number of hydrogen-bond donors (Lipinski definition) is 1. The Bertz CT molecular complexity index is 800. The Hall–Kier alpha value is -1.50. The molecule has 0 amide bonds. The van der Waals surface area contributed by atoms with E-state index in [9.17, 15) is 8.42 Å². The Morgan fingerprint density at radius 1 is 1.00 bits per heavy atom. The van der Waals surface area contributed by atoms with Gasteiger partial charge in [0, 0.05) is 17.2 Å². The maximum absolute atomic E-state index is 12.5. The van der Waals surface area contributed by atoms with Crippen LogP contribution in [0.1, 0.15) is 16.7 Å². The molecule has 1 N–H and O–H groups in total. The molecule has 0 fully saturated rings. The molecule has 0 aliphatic carbocycles. The van der Waals surface area contributed by atoms with E-state index in [0.29, 0.717) is 28.5 Å². The molecule has 0 radical (unpaired) electrons. The standard InChI is InChI=1S/C18H23NO3S2/c1-13-5-7-16(8-6-13)23-12-11-19-24(20,21)18-10-9-17(22-4)14(2)15(18)3/h5-10,19H,11-12H2,1-4H3. The predicted octanol–water partition coefficient (Wildman–Crippen LogP) is 3.69. The van der Waals surface area contributed by atoms with Crippen LogP contribution in [0.2, 0.25) is 0 Å². The number of rotatable bonds is 7. The summed E-state index contributed by atoms with van der Waals surface area (Å²) in [5.74, 6) is 1.37. The molecular formula is C18H23NO3S2. The molecule has 4 nitrogen and oxygen atoms in total. The third kappa shape index (κ3) is 4.53. The molecule has 0 spiro atoms. The predicted molar refractivity (Wildman–Crippen MR) is 99.6 cm³/mol. The fourth-order valence-electron chi connectivity index (χ4n) is 2.34. The highest BCUT2D eigenvalue weighted by Crippen LogP contribution is 2.26. The molecule has 130 valence electrons. The Balaban J connectivity index is 1.99. The number of nitrogens with one attached hydrogen (secondary N) is 1. The molecule has 6 heteroatoms. The van der Waals surface area contributed by atoms with Gasteiger partial charge in [-0.05, 0) is 56.2 Å². The Labute approximate surface area is 148 Å². The van der Waals surface area contributed by atoms with Gasteiger partial charge in [0.15, 0.2) is 0 Å². The number of ether oxygens (including phenoxy) is 1. The van der Waals surface area contributed by atoms with E-state index in [4.69, 9.17) is 4.74 Å². The van der Waals surface area contributed by atoms with Gasteiger partial charge in [0.25, 0.3) is 0 Å². The minimum atomic E-state index is -3.52. The van der Waals surface area contributed by atoms with Crippen LogP contribution >= 0.6 is 11.8 Å². The summed E-state index contributed by atoms with van der Waals surface area (Å²) in [6.45, 7) is 6.08. The highest BCUT2D eigenvalue weighted by atomic mass is 32.2. The van der Waals surface area contributed by atoms with E-state index in [1.165, 1.54) is 5.56 Å². The molecule has 0 aromatic heterocycles. The number of benzene rings is 2. The lowest BCUT2D eigenvalue weighted by Crippen LogP contribution is -2.26. The second kappa shape index (κ2) is 8.05. The molecule has 0 aliphatic rings. The monoisotopic (exact) mass is 365 g/mol. The normalized spacial score (nSPS) is 11.5. The van der Waals surface area contributed by atoms with Crippen LogP contribution in [0.5, 0.6) is 5.75 Å². The van der Waals surface area contributed by atoms with Crippen molar-refractivity contribution in [2.75, 3.05) is 19.4 Å². The van der Waals surface area contributed by atoms with Crippen LogP contribution < -0.4 is 9.46 Å². The third-order valence-corrected chi connectivity index (χ3v) is 6.50. The molecule has 0 unspecified atom stereocenters. The smallest absolute Gasteiger partial charge is 0.240 e. The first kappa shape index (κ1) is 18.8. The minimum Gasteiger partial charge on any atom is -0.496 e. The second-order valence-corrected chi connectivity index (χ2v) is 8.48. The van der Waals surface area contributed by atoms with E-state index in [-0.39, 0.29) is 0 Å². The SMILES string of the molecule is COc1ccc(S(=O)(=O)NCCSc2ccc(C)cc2)c(C)c1C. The van der Waals surface area contributed by atoms with Crippen molar-refractivity contribution in [2.45, 2.75) is 30.6 Å². The van der Waals surface area contributed by atoms with Gasteiger partial charge in [0.05, 0.1) is 12.0 Å². The number of aryl methyl sites for hydroxylation is 1. The van der Waals surface area contributed by atoms with Crippen LogP contribution in [0.15, 0.2) is 46.2 Å². The molecule has 0 heterocycles. The molecule has 0 atom stereocenters. The van der Waals surface area contributed by atoms with E-state index in [2.05, 4.69) is 16.9 Å². The molecule has 0 saturated carbocycles. The van der Waals surface area contributed by atoms with Crippen LogP contribution in [0, 0.1) is 20.8 Å². The topological polar surface area (TPSA) is 55.4 Å². The fraction of sp³-hybridized carbons (Fsp3) is 0.333. The molecule has 0 aliphatic heterocycles. The minimum absolute atomic E-state index is 0.307. The van der Waals surface area contributed by atoms with Gasteiger partial charge >= 0.3 is 0 Å². The summed E-state index contributed by atoms with van der Waals surface area (Å²) in [5, 5.41) is 0. The molecular weight excluding hydrogens is 342 g/mol. The van der Waals surface area contributed by atoms with Gasteiger partial charge in [-0.15, -0.1) is 11.8 Å². The summed E-state index contributed by atoms with van der Waals surface area (Å²) in [6.07, 6.45) is 0. The van der Waals surface area contributed by atoms with E-state index < -0.39 is 10.0 Å². The van der Waals surface area contributed by atoms with Gasteiger partial charge in [0.2, 0.25) is 10.0 Å². The fourth-order valence-corrected chi connectivity index (χ4v) is 4.57. The van der Waals surface area contributed by atoms with Crippen molar-refractivity contribution >= 4 is 21.8 Å². The highest BCUT2D eigenvalue weighted by Gasteiger charge is 2.18. The van der Waals surface area contributed by atoms with Crippen molar-refractivity contribution in [3.8, 4) is 5.75 Å². The van der Waals surface area contributed by atoms with Crippen molar-refractivity contribution in [1.82, 2.24) is 4.72 Å². The van der Waals surface area contributed by atoms with E-state index >= 15 is 0 Å². The van der Waals surface area contributed by atoms with Crippen molar-refractivity contribution in [3.05, 3.63) is 53.1 Å².